The number of carbonyl (C=O) groups is 1. The number of aryl methyl sites for hydroxylation is 2. The molecule has 0 atom stereocenters. The second-order valence-corrected chi connectivity index (χ2v) is 5.65. The number of nitrogens with zero attached hydrogens (tertiary/aromatic N) is 1. The Morgan fingerprint density at radius 1 is 1.29 bits per heavy atom. The lowest BCUT2D eigenvalue weighted by Gasteiger charge is -2.06. The third kappa shape index (κ3) is 3.05. The van der Waals surface area contributed by atoms with Crippen LogP contribution in [0.4, 0.5) is 4.39 Å². The number of rotatable bonds is 4. The van der Waals surface area contributed by atoms with Crippen molar-refractivity contribution in [2.24, 2.45) is 0 Å². The number of furan rings is 1. The lowest BCUT2D eigenvalue weighted by Crippen LogP contribution is -2.24. The van der Waals surface area contributed by atoms with Crippen LogP contribution in [0.2, 0.25) is 5.02 Å². The molecule has 7 heteroatoms. The molecule has 0 aliphatic heterocycles. The SMILES string of the molecule is Cc1noc(C)c1-c1ccc(CNC(=O)c2c(F)cccc2Cl)o1. The maximum absolute atomic E-state index is 13.7. The van der Waals surface area contributed by atoms with Gasteiger partial charge in [-0.3, -0.25) is 4.79 Å². The molecular formula is C17H14ClFN2O3. The van der Waals surface area contributed by atoms with Gasteiger partial charge < -0.3 is 14.3 Å². The van der Waals surface area contributed by atoms with E-state index < -0.39 is 11.7 Å². The fourth-order valence-corrected chi connectivity index (χ4v) is 2.66. The van der Waals surface area contributed by atoms with Gasteiger partial charge in [-0.05, 0) is 38.1 Å². The molecule has 3 aromatic rings. The summed E-state index contributed by atoms with van der Waals surface area (Å²) < 4.78 is 24.5. The molecule has 24 heavy (non-hydrogen) atoms. The van der Waals surface area contributed by atoms with Crippen molar-refractivity contribution in [2.75, 3.05) is 0 Å². The molecule has 2 heterocycles. The topological polar surface area (TPSA) is 68.3 Å². The summed E-state index contributed by atoms with van der Waals surface area (Å²) in [6.07, 6.45) is 0. The van der Waals surface area contributed by atoms with Crippen molar-refractivity contribution in [2.45, 2.75) is 20.4 Å². The van der Waals surface area contributed by atoms with E-state index in [1.807, 2.05) is 6.92 Å². The monoisotopic (exact) mass is 348 g/mol. The summed E-state index contributed by atoms with van der Waals surface area (Å²) in [4.78, 5) is 12.1. The third-order valence-corrected chi connectivity index (χ3v) is 3.87. The van der Waals surface area contributed by atoms with Crippen LogP contribution in [0.1, 0.15) is 27.6 Å². The molecule has 0 saturated carbocycles. The van der Waals surface area contributed by atoms with E-state index in [2.05, 4.69) is 10.5 Å². The number of benzene rings is 1. The molecule has 1 amide bonds. The number of nitrogens with one attached hydrogen (secondary N) is 1. The summed E-state index contributed by atoms with van der Waals surface area (Å²) in [5.74, 6) is 0.491. The highest BCUT2D eigenvalue weighted by Crippen LogP contribution is 2.28. The van der Waals surface area contributed by atoms with Crippen LogP contribution in [0.15, 0.2) is 39.3 Å². The number of aromatic nitrogens is 1. The zero-order valence-corrected chi connectivity index (χ0v) is 13.8. The number of hydrogen-bond donors (Lipinski definition) is 1. The number of carbonyl (C=O) groups excluding carboxylic acids is 1. The quantitative estimate of drug-likeness (QED) is 0.764. The number of amides is 1. The predicted molar refractivity (Wildman–Crippen MR) is 86.3 cm³/mol. The maximum Gasteiger partial charge on any atom is 0.256 e. The summed E-state index contributed by atoms with van der Waals surface area (Å²) in [5.41, 5.74) is 1.32. The van der Waals surface area contributed by atoms with Gasteiger partial charge in [-0.1, -0.05) is 22.8 Å². The highest BCUT2D eigenvalue weighted by Gasteiger charge is 2.18. The van der Waals surface area contributed by atoms with Crippen LogP contribution in [0.5, 0.6) is 0 Å². The largest absolute Gasteiger partial charge is 0.459 e. The van der Waals surface area contributed by atoms with E-state index in [-0.39, 0.29) is 17.1 Å². The van der Waals surface area contributed by atoms with Gasteiger partial charge in [0, 0.05) is 0 Å². The normalized spacial score (nSPS) is 10.8. The van der Waals surface area contributed by atoms with Crippen LogP contribution in [-0.4, -0.2) is 11.1 Å². The van der Waals surface area contributed by atoms with Crippen molar-refractivity contribution >= 4 is 17.5 Å². The van der Waals surface area contributed by atoms with Crippen LogP contribution >= 0.6 is 11.6 Å². The van der Waals surface area contributed by atoms with E-state index in [0.29, 0.717) is 17.3 Å². The van der Waals surface area contributed by atoms with E-state index in [9.17, 15) is 9.18 Å². The minimum Gasteiger partial charge on any atom is -0.459 e. The average Bonchev–Trinajstić information content (AvgIpc) is 3.11. The van der Waals surface area contributed by atoms with Crippen molar-refractivity contribution in [3.05, 3.63) is 63.9 Å². The summed E-state index contributed by atoms with van der Waals surface area (Å²) in [6, 6.07) is 7.58. The molecule has 124 valence electrons. The predicted octanol–water partition coefficient (Wildman–Crippen LogP) is 4.27. The van der Waals surface area contributed by atoms with E-state index in [1.165, 1.54) is 18.2 Å². The van der Waals surface area contributed by atoms with Gasteiger partial charge in [-0.25, -0.2) is 4.39 Å². The molecule has 3 rings (SSSR count). The van der Waals surface area contributed by atoms with Crippen molar-refractivity contribution in [3.63, 3.8) is 0 Å². The summed E-state index contributed by atoms with van der Waals surface area (Å²) >= 11 is 5.87. The van der Waals surface area contributed by atoms with Crippen molar-refractivity contribution in [3.8, 4) is 11.3 Å². The lowest BCUT2D eigenvalue weighted by molar-refractivity contribution is 0.0944. The Labute approximate surface area is 142 Å². The van der Waals surface area contributed by atoms with E-state index in [0.717, 1.165) is 11.3 Å². The van der Waals surface area contributed by atoms with Gasteiger partial charge in [0.2, 0.25) is 0 Å². The van der Waals surface area contributed by atoms with Crippen molar-refractivity contribution in [1.29, 1.82) is 0 Å². The van der Waals surface area contributed by atoms with Gasteiger partial charge in [0.15, 0.2) is 0 Å². The zero-order chi connectivity index (χ0) is 17.3. The van der Waals surface area contributed by atoms with Crippen LogP contribution in [0, 0.1) is 19.7 Å². The summed E-state index contributed by atoms with van der Waals surface area (Å²) in [5, 5.41) is 6.52. The van der Waals surface area contributed by atoms with Crippen LogP contribution in [0.3, 0.4) is 0 Å². The minimum atomic E-state index is -0.671. The van der Waals surface area contributed by atoms with Gasteiger partial charge >= 0.3 is 0 Å². The Kier molecular flexibility index (Phi) is 4.40. The molecule has 0 aliphatic carbocycles. The first kappa shape index (κ1) is 16.3. The molecule has 0 spiro atoms. The molecule has 0 saturated heterocycles. The highest BCUT2D eigenvalue weighted by molar-refractivity contribution is 6.33. The van der Waals surface area contributed by atoms with Crippen LogP contribution in [0.25, 0.3) is 11.3 Å². The Morgan fingerprint density at radius 2 is 2.08 bits per heavy atom. The van der Waals surface area contributed by atoms with Gasteiger partial charge in [0.25, 0.3) is 5.91 Å². The fraction of sp³-hybridized carbons (Fsp3) is 0.176. The molecule has 0 unspecified atom stereocenters. The first-order valence-corrected chi connectivity index (χ1v) is 7.59. The second kappa shape index (κ2) is 6.49. The second-order valence-electron chi connectivity index (χ2n) is 5.24. The first-order valence-electron chi connectivity index (χ1n) is 7.21. The minimum absolute atomic E-state index is 0.0587. The lowest BCUT2D eigenvalue weighted by atomic mass is 10.1. The fourth-order valence-electron chi connectivity index (χ4n) is 2.41. The number of halogens is 2. The summed E-state index contributed by atoms with van der Waals surface area (Å²) in [6.45, 7) is 3.71. The van der Waals surface area contributed by atoms with Crippen LogP contribution < -0.4 is 5.32 Å². The molecule has 0 aliphatic rings. The van der Waals surface area contributed by atoms with E-state index in [1.54, 1.807) is 19.1 Å². The summed E-state index contributed by atoms with van der Waals surface area (Å²) in [7, 11) is 0. The van der Waals surface area contributed by atoms with E-state index >= 15 is 0 Å². The van der Waals surface area contributed by atoms with Gasteiger partial charge in [0.1, 0.15) is 23.1 Å². The Balaban J connectivity index is 1.73. The van der Waals surface area contributed by atoms with Crippen LogP contribution in [-0.2, 0) is 6.54 Å². The standard InChI is InChI=1S/C17H14ClFN2O3/c1-9-15(10(2)24-21-9)14-7-6-11(23-14)8-20-17(22)16-12(18)4-3-5-13(16)19/h3-7H,8H2,1-2H3,(H,20,22). The molecule has 1 aromatic carbocycles. The Morgan fingerprint density at radius 3 is 2.75 bits per heavy atom. The molecule has 0 fully saturated rings. The average molecular weight is 349 g/mol. The van der Waals surface area contributed by atoms with Crippen molar-refractivity contribution in [1.82, 2.24) is 10.5 Å². The van der Waals surface area contributed by atoms with Gasteiger partial charge in [-0.15, -0.1) is 0 Å². The molecular weight excluding hydrogens is 335 g/mol. The molecule has 2 aromatic heterocycles. The molecule has 0 bridgehead atoms. The Hall–Kier alpha value is -2.60. The smallest absolute Gasteiger partial charge is 0.256 e. The van der Waals surface area contributed by atoms with Gasteiger partial charge in [0.05, 0.1) is 28.4 Å². The third-order valence-electron chi connectivity index (χ3n) is 3.55. The zero-order valence-electron chi connectivity index (χ0n) is 13.0. The molecule has 0 radical (unpaired) electrons. The van der Waals surface area contributed by atoms with E-state index in [4.69, 9.17) is 20.5 Å². The van der Waals surface area contributed by atoms with Crippen molar-refractivity contribution < 1.29 is 18.1 Å². The molecule has 5 nitrogen and oxygen atoms in total. The van der Waals surface area contributed by atoms with Gasteiger partial charge in [-0.2, -0.15) is 0 Å². The number of hydrogen-bond acceptors (Lipinski definition) is 4. The molecule has 1 N–H and O–H groups in total. The highest BCUT2D eigenvalue weighted by atomic mass is 35.5. The maximum atomic E-state index is 13.7. The first-order chi connectivity index (χ1) is 11.5. The Bertz CT molecular complexity index is 861.